The number of halogens is 1. The summed E-state index contributed by atoms with van der Waals surface area (Å²) in [4.78, 5) is 26.9. The van der Waals surface area contributed by atoms with Crippen molar-refractivity contribution in [2.24, 2.45) is 5.92 Å². The first-order chi connectivity index (χ1) is 13.1. The second-order valence-electron chi connectivity index (χ2n) is 6.71. The van der Waals surface area contributed by atoms with Crippen LogP contribution in [0.2, 0.25) is 5.02 Å². The number of piperidine rings is 1. The van der Waals surface area contributed by atoms with Gasteiger partial charge < -0.3 is 14.6 Å². The molecule has 0 aliphatic carbocycles. The molecule has 0 radical (unpaired) electrons. The highest BCUT2D eigenvalue weighted by atomic mass is 35.5. The number of nitrogens with one attached hydrogen (secondary N) is 1. The van der Waals surface area contributed by atoms with Gasteiger partial charge in [-0.05, 0) is 49.2 Å². The number of para-hydroxylation sites is 1. The van der Waals surface area contributed by atoms with E-state index in [0.29, 0.717) is 42.3 Å². The quantitative estimate of drug-likeness (QED) is 0.721. The molecule has 1 aliphatic rings. The van der Waals surface area contributed by atoms with E-state index in [4.69, 9.17) is 16.0 Å². The van der Waals surface area contributed by atoms with Gasteiger partial charge in [0, 0.05) is 35.1 Å². The van der Waals surface area contributed by atoms with E-state index in [9.17, 15) is 9.59 Å². The summed E-state index contributed by atoms with van der Waals surface area (Å²) < 4.78 is 5.66. The van der Waals surface area contributed by atoms with Crippen molar-refractivity contribution in [1.82, 2.24) is 4.90 Å². The Bertz CT molecular complexity index is 976. The minimum Gasteiger partial charge on any atom is -0.451 e. The third kappa shape index (κ3) is 3.83. The van der Waals surface area contributed by atoms with Crippen LogP contribution in [0.25, 0.3) is 11.0 Å². The highest BCUT2D eigenvalue weighted by Crippen LogP contribution is 2.26. The van der Waals surface area contributed by atoms with Gasteiger partial charge in [-0.3, -0.25) is 9.59 Å². The summed E-state index contributed by atoms with van der Waals surface area (Å²) in [5, 5.41) is 4.35. The van der Waals surface area contributed by atoms with E-state index in [-0.39, 0.29) is 17.7 Å². The molecule has 0 bridgehead atoms. The summed E-state index contributed by atoms with van der Waals surface area (Å²) in [5.41, 5.74) is 1.43. The average molecular weight is 383 g/mol. The topological polar surface area (TPSA) is 62.6 Å². The first-order valence-corrected chi connectivity index (χ1v) is 9.32. The Balaban J connectivity index is 1.38. The summed E-state index contributed by atoms with van der Waals surface area (Å²) in [5.74, 6) is 0.0686. The summed E-state index contributed by atoms with van der Waals surface area (Å²) in [6.07, 6.45) is 1.27. The standard InChI is InChI=1S/C21H19ClN2O3/c22-16-6-7-18-15(12-16)13-19(27-18)21(26)24-10-8-14(9-11-24)20(25)23-17-4-2-1-3-5-17/h1-7,12-14H,8-11H2,(H,23,25). The molecule has 138 valence electrons. The third-order valence-corrected chi connectivity index (χ3v) is 5.12. The van der Waals surface area contributed by atoms with Gasteiger partial charge in [-0.1, -0.05) is 29.8 Å². The summed E-state index contributed by atoms with van der Waals surface area (Å²) >= 11 is 5.99. The molecule has 0 spiro atoms. The van der Waals surface area contributed by atoms with E-state index in [1.54, 1.807) is 29.2 Å². The van der Waals surface area contributed by atoms with Gasteiger partial charge in [0.2, 0.25) is 5.91 Å². The van der Waals surface area contributed by atoms with Crippen LogP contribution in [0, 0.1) is 5.92 Å². The molecule has 0 saturated carbocycles. The van der Waals surface area contributed by atoms with E-state index >= 15 is 0 Å². The fraction of sp³-hybridized carbons (Fsp3) is 0.238. The molecule has 1 aliphatic heterocycles. The first kappa shape index (κ1) is 17.6. The van der Waals surface area contributed by atoms with Gasteiger partial charge in [-0.25, -0.2) is 0 Å². The molecule has 2 amide bonds. The Morgan fingerprint density at radius 3 is 2.52 bits per heavy atom. The van der Waals surface area contributed by atoms with Crippen molar-refractivity contribution in [3.05, 3.63) is 65.4 Å². The molecule has 0 unspecified atom stereocenters. The Kier molecular flexibility index (Phi) is 4.86. The second kappa shape index (κ2) is 7.45. The number of hydrogen-bond donors (Lipinski definition) is 1. The number of furan rings is 1. The van der Waals surface area contributed by atoms with Gasteiger partial charge in [0.1, 0.15) is 5.58 Å². The highest BCUT2D eigenvalue weighted by molar-refractivity contribution is 6.31. The molecular formula is C21H19ClN2O3. The normalized spacial score (nSPS) is 15.1. The van der Waals surface area contributed by atoms with E-state index < -0.39 is 0 Å². The molecule has 3 aromatic rings. The Morgan fingerprint density at radius 1 is 1.04 bits per heavy atom. The fourth-order valence-electron chi connectivity index (χ4n) is 3.39. The maximum atomic E-state index is 12.7. The molecular weight excluding hydrogens is 364 g/mol. The lowest BCUT2D eigenvalue weighted by Gasteiger charge is -2.30. The van der Waals surface area contributed by atoms with Gasteiger partial charge in [0.25, 0.3) is 5.91 Å². The third-order valence-electron chi connectivity index (χ3n) is 4.88. The zero-order valence-electron chi connectivity index (χ0n) is 14.7. The molecule has 4 rings (SSSR count). The zero-order valence-corrected chi connectivity index (χ0v) is 15.4. The smallest absolute Gasteiger partial charge is 0.289 e. The van der Waals surface area contributed by atoms with Crippen LogP contribution >= 0.6 is 11.6 Å². The number of amides is 2. The second-order valence-corrected chi connectivity index (χ2v) is 7.15. The molecule has 1 saturated heterocycles. The maximum Gasteiger partial charge on any atom is 0.289 e. The van der Waals surface area contributed by atoms with Crippen molar-refractivity contribution in [3.63, 3.8) is 0 Å². The van der Waals surface area contributed by atoms with Crippen LogP contribution in [0.5, 0.6) is 0 Å². The largest absolute Gasteiger partial charge is 0.451 e. The maximum absolute atomic E-state index is 12.7. The number of benzene rings is 2. The van der Waals surface area contributed by atoms with Crippen molar-refractivity contribution >= 4 is 40.1 Å². The SMILES string of the molecule is O=C(Nc1ccccc1)C1CCN(C(=O)c2cc3cc(Cl)ccc3o2)CC1. The number of anilines is 1. The predicted molar refractivity (Wildman–Crippen MR) is 105 cm³/mol. The van der Waals surface area contributed by atoms with Crippen LogP contribution in [0.4, 0.5) is 5.69 Å². The number of nitrogens with zero attached hydrogens (tertiary/aromatic N) is 1. The molecule has 27 heavy (non-hydrogen) atoms. The van der Waals surface area contributed by atoms with Crippen LogP contribution in [0.1, 0.15) is 23.4 Å². The Labute approximate surface area is 161 Å². The van der Waals surface area contributed by atoms with Crippen molar-refractivity contribution in [2.75, 3.05) is 18.4 Å². The minimum atomic E-state index is -0.149. The van der Waals surface area contributed by atoms with E-state index in [2.05, 4.69) is 5.32 Å². The van der Waals surface area contributed by atoms with Crippen LogP contribution in [-0.2, 0) is 4.79 Å². The number of hydrogen-bond acceptors (Lipinski definition) is 3. The number of carbonyl (C=O) groups excluding carboxylic acids is 2. The van der Waals surface area contributed by atoms with E-state index in [0.717, 1.165) is 11.1 Å². The zero-order chi connectivity index (χ0) is 18.8. The summed E-state index contributed by atoms with van der Waals surface area (Å²) in [6.45, 7) is 1.06. The number of fused-ring (bicyclic) bond motifs is 1. The monoisotopic (exact) mass is 382 g/mol. The molecule has 1 aromatic heterocycles. The molecule has 2 aromatic carbocycles. The predicted octanol–water partition coefficient (Wildman–Crippen LogP) is 4.58. The van der Waals surface area contributed by atoms with Crippen LogP contribution in [0.15, 0.2) is 59.0 Å². The van der Waals surface area contributed by atoms with E-state index in [1.807, 2.05) is 30.3 Å². The lowest BCUT2D eigenvalue weighted by Crippen LogP contribution is -2.41. The van der Waals surface area contributed by atoms with Crippen LogP contribution in [-0.4, -0.2) is 29.8 Å². The fourth-order valence-corrected chi connectivity index (χ4v) is 3.57. The van der Waals surface area contributed by atoms with E-state index in [1.165, 1.54) is 0 Å². The molecule has 6 heteroatoms. The molecule has 0 atom stereocenters. The van der Waals surface area contributed by atoms with Crippen molar-refractivity contribution in [1.29, 1.82) is 0 Å². The summed E-state index contributed by atoms with van der Waals surface area (Å²) in [7, 11) is 0. The van der Waals surface area contributed by atoms with Crippen molar-refractivity contribution < 1.29 is 14.0 Å². The lowest BCUT2D eigenvalue weighted by atomic mass is 9.95. The number of rotatable bonds is 3. The van der Waals surface area contributed by atoms with Crippen LogP contribution in [0.3, 0.4) is 0 Å². The highest BCUT2D eigenvalue weighted by Gasteiger charge is 2.29. The van der Waals surface area contributed by atoms with Crippen LogP contribution < -0.4 is 5.32 Å². The van der Waals surface area contributed by atoms with Gasteiger partial charge in [-0.2, -0.15) is 0 Å². The van der Waals surface area contributed by atoms with Gasteiger partial charge in [-0.15, -0.1) is 0 Å². The van der Waals surface area contributed by atoms with Gasteiger partial charge in [0.15, 0.2) is 5.76 Å². The molecule has 2 heterocycles. The summed E-state index contributed by atoms with van der Waals surface area (Å²) in [6, 6.07) is 16.4. The van der Waals surface area contributed by atoms with Crippen molar-refractivity contribution in [3.8, 4) is 0 Å². The minimum absolute atomic E-state index is 0.00618. The number of carbonyl (C=O) groups is 2. The molecule has 5 nitrogen and oxygen atoms in total. The lowest BCUT2D eigenvalue weighted by molar-refractivity contribution is -0.121. The number of likely N-dealkylation sites (tertiary alicyclic amines) is 1. The first-order valence-electron chi connectivity index (χ1n) is 8.94. The molecule has 1 fully saturated rings. The van der Waals surface area contributed by atoms with Crippen molar-refractivity contribution in [2.45, 2.75) is 12.8 Å². The van der Waals surface area contributed by atoms with Gasteiger partial charge in [0.05, 0.1) is 0 Å². The van der Waals surface area contributed by atoms with Gasteiger partial charge >= 0.3 is 0 Å². The molecule has 1 N–H and O–H groups in total. The Hall–Kier alpha value is -2.79. The average Bonchev–Trinajstić information content (AvgIpc) is 3.11. The Morgan fingerprint density at radius 2 is 1.78 bits per heavy atom.